The lowest BCUT2D eigenvalue weighted by Gasteiger charge is -2.41. The molecule has 0 atom stereocenters. The van der Waals surface area contributed by atoms with Crippen LogP contribution in [0.1, 0.15) is 64.9 Å². The van der Waals surface area contributed by atoms with Crippen molar-refractivity contribution in [2.45, 2.75) is 59.3 Å². The van der Waals surface area contributed by atoms with E-state index in [0.717, 1.165) is 0 Å². The average molecular weight is 429 g/mol. The Kier molecular flexibility index (Phi) is 6.14. The Morgan fingerprint density at radius 1 is 0.742 bits per heavy atom. The summed E-state index contributed by atoms with van der Waals surface area (Å²) in [4.78, 5) is 52.9. The maximum Gasteiger partial charge on any atom is 0.144 e. The number of methoxy groups -OCH3 is 2. The van der Waals surface area contributed by atoms with E-state index in [1.54, 1.807) is 18.2 Å². The largest absolute Gasteiger partial charge is 0.497 e. The van der Waals surface area contributed by atoms with Crippen LogP contribution in [-0.4, -0.2) is 37.4 Å². The minimum Gasteiger partial charge on any atom is -0.497 e. The Hall–Kier alpha value is -2.50. The lowest BCUT2D eigenvalue weighted by molar-refractivity contribution is -0.145. The molecule has 0 saturated heterocycles. The predicted molar refractivity (Wildman–Crippen MR) is 115 cm³/mol. The van der Waals surface area contributed by atoms with Gasteiger partial charge in [-0.2, -0.15) is 0 Å². The fraction of sp³-hybridized carbons (Fsp3) is 0.600. The highest BCUT2D eigenvalue weighted by atomic mass is 16.5. The van der Waals surface area contributed by atoms with Gasteiger partial charge in [0, 0.05) is 37.7 Å². The number of hydrogen-bond donors (Lipinski definition) is 0. The summed E-state index contributed by atoms with van der Waals surface area (Å²) in [7, 11) is 3.01. The van der Waals surface area contributed by atoms with E-state index >= 15 is 0 Å². The zero-order valence-electron chi connectivity index (χ0n) is 19.2. The summed E-state index contributed by atoms with van der Waals surface area (Å²) >= 11 is 0. The molecular weight excluding hydrogens is 396 g/mol. The topological polar surface area (TPSA) is 86.7 Å². The van der Waals surface area contributed by atoms with Gasteiger partial charge in [0.15, 0.2) is 0 Å². The van der Waals surface area contributed by atoms with E-state index in [9.17, 15) is 19.2 Å². The minimum atomic E-state index is -1.03. The number of carbonyl (C=O) groups is 4. The van der Waals surface area contributed by atoms with Gasteiger partial charge in [0.2, 0.25) is 0 Å². The molecule has 3 rings (SSSR count). The van der Waals surface area contributed by atoms with Crippen molar-refractivity contribution in [3.63, 3.8) is 0 Å². The molecule has 0 spiro atoms. The van der Waals surface area contributed by atoms with Gasteiger partial charge in [-0.15, -0.1) is 0 Å². The van der Waals surface area contributed by atoms with E-state index in [2.05, 4.69) is 0 Å². The van der Waals surface area contributed by atoms with Gasteiger partial charge in [-0.3, -0.25) is 19.2 Å². The first-order valence-corrected chi connectivity index (χ1v) is 10.7. The average Bonchev–Trinajstić information content (AvgIpc) is 2.63. The van der Waals surface area contributed by atoms with Gasteiger partial charge >= 0.3 is 0 Å². The summed E-state index contributed by atoms with van der Waals surface area (Å²) in [5.41, 5.74) is -0.329. The summed E-state index contributed by atoms with van der Waals surface area (Å²) in [6.45, 7) is 7.56. The smallest absolute Gasteiger partial charge is 0.144 e. The molecule has 6 nitrogen and oxygen atoms in total. The molecule has 0 N–H and O–H groups in total. The van der Waals surface area contributed by atoms with Crippen LogP contribution in [0.5, 0.6) is 11.5 Å². The van der Waals surface area contributed by atoms with E-state index in [1.165, 1.54) is 14.2 Å². The zero-order chi connectivity index (χ0) is 23.1. The van der Waals surface area contributed by atoms with Crippen LogP contribution in [0.4, 0.5) is 0 Å². The highest BCUT2D eigenvalue weighted by Crippen LogP contribution is 2.49. The second-order valence-electron chi connectivity index (χ2n) is 10.5. The van der Waals surface area contributed by atoms with Crippen molar-refractivity contribution < 1.29 is 28.7 Å². The number of hydrogen-bond acceptors (Lipinski definition) is 6. The summed E-state index contributed by atoms with van der Waals surface area (Å²) in [6, 6.07) is 5.07. The van der Waals surface area contributed by atoms with E-state index < -0.39 is 28.6 Å². The SMILES string of the molecule is COc1ccc(C(C2C(=O)CC(C)(C)CC2=O)C2C(=O)CC(C)(C)CC2=O)c(OC)c1. The van der Waals surface area contributed by atoms with Crippen LogP contribution in [0.3, 0.4) is 0 Å². The predicted octanol–water partition coefficient (Wildman–Crippen LogP) is 3.94. The van der Waals surface area contributed by atoms with E-state index in [1.807, 2.05) is 27.7 Å². The van der Waals surface area contributed by atoms with Crippen molar-refractivity contribution in [2.75, 3.05) is 14.2 Å². The molecule has 0 radical (unpaired) electrons. The normalized spacial score (nSPS) is 22.2. The molecule has 0 aromatic heterocycles. The molecule has 0 unspecified atom stereocenters. The second-order valence-corrected chi connectivity index (χ2v) is 10.5. The molecule has 0 amide bonds. The number of ketones is 4. The summed E-state index contributed by atoms with van der Waals surface area (Å²) in [6.07, 6.45) is 0.940. The standard InChI is InChI=1S/C25H32O6/c1-24(2)10-16(26)22(17(27)11-24)21(15-8-7-14(30-5)9-20(15)31-6)23-18(28)12-25(3,4)13-19(23)29/h7-9,21-23H,10-13H2,1-6H3. The lowest BCUT2D eigenvalue weighted by Crippen LogP contribution is -2.48. The Bertz CT molecular complexity index is 838. The third kappa shape index (κ3) is 4.58. The maximum absolute atomic E-state index is 13.2. The van der Waals surface area contributed by atoms with Gasteiger partial charge in [-0.05, 0) is 22.5 Å². The molecule has 2 fully saturated rings. The molecule has 2 saturated carbocycles. The number of rotatable bonds is 5. The van der Waals surface area contributed by atoms with Crippen LogP contribution in [0, 0.1) is 22.7 Å². The van der Waals surface area contributed by atoms with Gasteiger partial charge in [0.1, 0.15) is 34.6 Å². The molecule has 1 aromatic carbocycles. The molecule has 1 aromatic rings. The van der Waals surface area contributed by atoms with Crippen LogP contribution in [0.25, 0.3) is 0 Å². The van der Waals surface area contributed by atoms with Crippen LogP contribution < -0.4 is 9.47 Å². The van der Waals surface area contributed by atoms with E-state index in [0.29, 0.717) is 17.1 Å². The first kappa shape index (κ1) is 23.2. The van der Waals surface area contributed by atoms with Crippen molar-refractivity contribution in [1.29, 1.82) is 0 Å². The van der Waals surface area contributed by atoms with Crippen molar-refractivity contribution >= 4 is 23.1 Å². The second kappa shape index (κ2) is 8.21. The first-order valence-electron chi connectivity index (χ1n) is 10.7. The van der Waals surface area contributed by atoms with Crippen LogP contribution in [0.2, 0.25) is 0 Å². The monoisotopic (exact) mass is 428 g/mol. The van der Waals surface area contributed by atoms with Gasteiger partial charge in [-0.25, -0.2) is 0 Å². The molecular formula is C25H32O6. The van der Waals surface area contributed by atoms with E-state index in [4.69, 9.17) is 9.47 Å². The maximum atomic E-state index is 13.2. The van der Waals surface area contributed by atoms with Gasteiger partial charge in [0.05, 0.1) is 26.1 Å². The number of ether oxygens (including phenoxy) is 2. The molecule has 6 heteroatoms. The third-order valence-electron chi connectivity index (χ3n) is 6.52. The van der Waals surface area contributed by atoms with Crippen molar-refractivity contribution in [2.24, 2.45) is 22.7 Å². The van der Waals surface area contributed by atoms with Crippen LogP contribution >= 0.6 is 0 Å². The Balaban J connectivity index is 2.16. The molecule has 31 heavy (non-hydrogen) atoms. The van der Waals surface area contributed by atoms with Crippen LogP contribution in [0.15, 0.2) is 18.2 Å². The zero-order valence-corrected chi connectivity index (χ0v) is 19.2. The van der Waals surface area contributed by atoms with Crippen LogP contribution in [-0.2, 0) is 19.2 Å². The molecule has 0 heterocycles. The Morgan fingerprint density at radius 2 is 1.16 bits per heavy atom. The first-order chi connectivity index (χ1) is 14.4. The Labute approximate surface area is 183 Å². The number of carbonyl (C=O) groups excluding carboxylic acids is 4. The lowest BCUT2D eigenvalue weighted by atomic mass is 9.59. The summed E-state index contributed by atoms with van der Waals surface area (Å²) in [5, 5.41) is 0. The highest BCUT2D eigenvalue weighted by Gasteiger charge is 2.52. The minimum absolute atomic E-state index is 0.213. The fourth-order valence-electron chi connectivity index (χ4n) is 5.26. The van der Waals surface area contributed by atoms with Gasteiger partial charge in [0.25, 0.3) is 0 Å². The van der Waals surface area contributed by atoms with Gasteiger partial charge < -0.3 is 9.47 Å². The molecule has 0 aliphatic heterocycles. The summed E-state index contributed by atoms with van der Waals surface area (Å²) < 4.78 is 10.8. The number of benzene rings is 1. The third-order valence-corrected chi connectivity index (χ3v) is 6.52. The fourth-order valence-corrected chi connectivity index (χ4v) is 5.26. The molecule has 2 aliphatic rings. The van der Waals surface area contributed by atoms with Gasteiger partial charge in [-0.1, -0.05) is 33.8 Å². The molecule has 2 aliphatic carbocycles. The van der Waals surface area contributed by atoms with Crippen molar-refractivity contribution in [3.05, 3.63) is 23.8 Å². The Morgan fingerprint density at radius 3 is 1.52 bits per heavy atom. The molecule has 0 bridgehead atoms. The molecule has 168 valence electrons. The quantitative estimate of drug-likeness (QED) is 0.661. The number of Topliss-reactive ketones (excluding diaryl/α,β-unsaturated/α-hetero) is 4. The van der Waals surface area contributed by atoms with Crippen molar-refractivity contribution in [3.8, 4) is 11.5 Å². The van der Waals surface area contributed by atoms with E-state index in [-0.39, 0.29) is 48.8 Å². The van der Waals surface area contributed by atoms with Crippen molar-refractivity contribution in [1.82, 2.24) is 0 Å². The summed E-state index contributed by atoms with van der Waals surface area (Å²) in [5.74, 6) is -2.84. The highest BCUT2D eigenvalue weighted by molar-refractivity contribution is 6.11.